The summed E-state index contributed by atoms with van der Waals surface area (Å²) in [4.78, 5) is 0. The van der Waals surface area contributed by atoms with Crippen LogP contribution in [0.2, 0.25) is 0 Å². The Morgan fingerprint density at radius 2 is 1.53 bits per heavy atom. The first-order chi connectivity index (χ1) is 17.2. The highest BCUT2D eigenvalue weighted by Gasteiger charge is 2.52. The van der Waals surface area contributed by atoms with Gasteiger partial charge in [0.1, 0.15) is 12.4 Å². The maximum atomic E-state index is 6.29. The van der Waals surface area contributed by atoms with Crippen LogP contribution >= 0.6 is 11.8 Å². The molecule has 0 spiro atoms. The Kier molecular flexibility index (Phi) is 8.19. The Hall–Kier alpha value is -3.07. The van der Waals surface area contributed by atoms with Crippen LogP contribution in [0, 0.1) is 0 Å². The standard InChI is InChI=1S/C28H32BN3O3S/c1-27(2)28(3,4)35-29(34-27)25-16-15-24(33-19-21-11-7-5-8-12-21)17-23(25)18-31-32-26(30)36-20-22-13-9-6-10-14-22/h5-18H,19-20H2,1-4H3,(H2,30,32). The van der Waals surface area contributed by atoms with Gasteiger partial charge in [-0.1, -0.05) is 78.5 Å². The van der Waals surface area contributed by atoms with E-state index in [0.29, 0.717) is 11.8 Å². The van der Waals surface area contributed by atoms with Crippen molar-refractivity contribution in [2.24, 2.45) is 15.9 Å². The molecule has 0 bridgehead atoms. The molecule has 0 unspecified atom stereocenters. The number of nitrogens with two attached hydrogens (primary N) is 1. The van der Waals surface area contributed by atoms with E-state index in [2.05, 4.69) is 22.3 Å². The minimum atomic E-state index is -0.534. The van der Waals surface area contributed by atoms with Crippen LogP contribution in [0.1, 0.15) is 44.4 Å². The average Bonchev–Trinajstić information content (AvgIpc) is 3.09. The number of hydrogen-bond acceptors (Lipinski definition) is 6. The second-order valence-electron chi connectivity index (χ2n) is 9.61. The summed E-state index contributed by atoms with van der Waals surface area (Å²) in [6.45, 7) is 8.61. The molecular formula is C28H32BN3O3S. The number of amidine groups is 1. The Bertz CT molecular complexity index is 1200. The van der Waals surface area contributed by atoms with Crippen molar-refractivity contribution in [3.8, 4) is 5.75 Å². The van der Waals surface area contributed by atoms with Crippen molar-refractivity contribution in [2.75, 3.05) is 0 Å². The predicted molar refractivity (Wildman–Crippen MR) is 150 cm³/mol. The van der Waals surface area contributed by atoms with E-state index in [4.69, 9.17) is 19.8 Å². The van der Waals surface area contributed by atoms with Crippen molar-refractivity contribution >= 4 is 35.7 Å². The lowest BCUT2D eigenvalue weighted by Gasteiger charge is -2.32. The minimum Gasteiger partial charge on any atom is -0.489 e. The molecule has 2 N–H and O–H groups in total. The Labute approximate surface area is 218 Å². The molecule has 0 aliphatic carbocycles. The molecular weight excluding hydrogens is 469 g/mol. The van der Waals surface area contributed by atoms with Crippen LogP contribution in [0.4, 0.5) is 0 Å². The van der Waals surface area contributed by atoms with E-state index < -0.39 is 18.3 Å². The lowest BCUT2D eigenvalue weighted by atomic mass is 9.76. The van der Waals surface area contributed by atoms with Gasteiger partial charge in [-0.3, -0.25) is 0 Å². The van der Waals surface area contributed by atoms with Gasteiger partial charge in [0.25, 0.3) is 0 Å². The highest BCUT2D eigenvalue weighted by Crippen LogP contribution is 2.36. The van der Waals surface area contributed by atoms with Crippen molar-refractivity contribution in [2.45, 2.75) is 51.3 Å². The third-order valence-electron chi connectivity index (χ3n) is 6.40. The summed E-state index contributed by atoms with van der Waals surface area (Å²) >= 11 is 1.44. The van der Waals surface area contributed by atoms with Gasteiger partial charge >= 0.3 is 7.12 Å². The number of rotatable bonds is 8. The van der Waals surface area contributed by atoms with Crippen LogP contribution in [0.3, 0.4) is 0 Å². The molecule has 3 aromatic carbocycles. The van der Waals surface area contributed by atoms with Crippen molar-refractivity contribution < 1.29 is 14.0 Å². The van der Waals surface area contributed by atoms with Crippen LogP contribution < -0.4 is 15.9 Å². The molecule has 0 aromatic heterocycles. The molecule has 4 rings (SSSR count). The summed E-state index contributed by atoms with van der Waals surface area (Å²) in [5.41, 5.74) is 9.10. The van der Waals surface area contributed by atoms with E-state index >= 15 is 0 Å². The first kappa shape index (κ1) is 26.0. The fraction of sp³-hybridized carbons (Fsp3) is 0.286. The molecule has 36 heavy (non-hydrogen) atoms. The summed E-state index contributed by atoms with van der Waals surface area (Å²) in [5.74, 6) is 1.45. The molecule has 0 amide bonds. The van der Waals surface area contributed by atoms with Crippen molar-refractivity contribution in [3.63, 3.8) is 0 Å². The molecule has 0 saturated carbocycles. The van der Waals surface area contributed by atoms with E-state index in [-0.39, 0.29) is 0 Å². The van der Waals surface area contributed by atoms with Crippen LogP contribution in [-0.4, -0.2) is 29.7 Å². The van der Waals surface area contributed by atoms with Crippen molar-refractivity contribution in [3.05, 3.63) is 95.6 Å². The van der Waals surface area contributed by atoms with Crippen LogP contribution in [0.15, 0.2) is 89.1 Å². The van der Waals surface area contributed by atoms with Gasteiger partial charge in [0.05, 0.1) is 17.4 Å². The largest absolute Gasteiger partial charge is 0.495 e. The zero-order chi connectivity index (χ0) is 25.6. The Morgan fingerprint density at radius 3 is 2.17 bits per heavy atom. The monoisotopic (exact) mass is 501 g/mol. The van der Waals surface area contributed by atoms with Crippen molar-refractivity contribution in [1.82, 2.24) is 0 Å². The maximum Gasteiger partial charge on any atom is 0.495 e. The molecule has 0 radical (unpaired) electrons. The second-order valence-corrected chi connectivity index (χ2v) is 10.6. The van der Waals surface area contributed by atoms with E-state index in [9.17, 15) is 0 Å². The summed E-state index contributed by atoms with van der Waals surface area (Å²) in [6, 6.07) is 26.0. The van der Waals surface area contributed by atoms with Gasteiger partial charge in [-0.15, -0.1) is 5.10 Å². The summed E-state index contributed by atoms with van der Waals surface area (Å²) in [5, 5.41) is 8.85. The average molecular weight is 501 g/mol. The molecule has 186 valence electrons. The van der Waals surface area contributed by atoms with Gasteiger partial charge in [0.2, 0.25) is 0 Å². The second kappa shape index (κ2) is 11.3. The van der Waals surface area contributed by atoms with E-state index in [1.807, 2.05) is 94.4 Å². The van der Waals surface area contributed by atoms with Crippen LogP contribution in [0.5, 0.6) is 5.75 Å². The van der Waals surface area contributed by atoms with Gasteiger partial charge in [-0.05, 0) is 62.0 Å². The number of benzene rings is 3. The lowest BCUT2D eigenvalue weighted by molar-refractivity contribution is 0.00578. The molecule has 1 saturated heterocycles. The molecule has 6 nitrogen and oxygen atoms in total. The highest BCUT2D eigenvalue weighted by atomic mass is 32.2. The molecule has 1 aliphatic rings. The van der Waals surface area contributed by atoms with Gasteiger partial charge in [0, 0.05) is 5.75 Å². The summed E-state index contributed by atoms with van der Waals surface area (Å²) < 4.78 is 18.6. The Morgan fingerprint density at radius 1 is 0.917 bits per heavy atom. The third kappa shape index (κ3) is 6.57. The maximum absolute atomic E-state index is 6.29. The first-order valence-electron chi connectivity index (χ1n) is 11.9. The number of hydrogen-bond donors (Lipinski definition) is 1. The highest BCUT2D eigenvalue weighted by molar-refractivity contribution is 8.13. The number of ether oxygens (including phenoxy) is 1. The van der Waals surface area contributed by atoms with Crippen LogP contribution in [0.25, 0.3) is 0 Å². The number of nitrogens with zero attached hydrogens (tertiary/aromatic N) is 2. The zero-order valence-corrected chi connectivity index (χ0v) is 22.0. The molecule has 1 heterocycles. The zero-order valence-electron chi connectivity index (χ0n) is 21.2. The van der Waals surface area contributed by atoms with E-state index in [1.165, 1.54) is 17.3 Å². The van der Waals surface area contributed by atoms with E-state index in [1.54, 1.807) is 6.21 Å². The third-order valence-corrected chi connectivity index (χ3v) is 7.25. The number of thioether (sulfide) groups is 1. The quantitative estimate of drug-likeness (QED) is 0.200. The smallest absolute Gasteiger partial charge is 0.489 e. The minimum absolute atomic E-state index is 0.392. The fourth-order valence-corrected chi connectivity index (χ4v) is 4.20. The topological polar surface area (TPSA) is 78.4 Å². The molecule has 1 aliphatic heterocycles. The van der Waals surface area contributed by atoms with Gasteiger partial charge in [-0.2, -0.15) is 5.10 Å². The van der Waals surface area contributed by atoms with Crippen molar-refractivity contribution in [1.29, 1.82) is 0 Å². The summed E-state index contributed by atoms with van der Waals surface area (Å²) in [7, 11) is -0.534. The first-order valence-corrected chi connectivity index (χ1v) is 12.9. The molecule has 8 heteroatoms. The fourth-order valence-electron chi connectivity index (χ4n) is 3.59. The molecule has 0 atom stereocenters. The SMILES string of the molecule is CC1(C)OB(c2ccc(OCc3ccccc3)cc2C=NN=C(N)SCc2ccccc2)OC1(C)C. The van der Waals surface area contributed by atoms with Crippen LogP contribution in [-0.2, 0) is 21.7 Å². The van der Waals surface area contributed by atoms with E-state index in [0.717, 1.165) is 28.1 Å². The normalized spacial score (nSPS) is 17.0. The molecule has 3 aromatic rings. The van der Waals surface area contributed by atoms with Gasteiger partial charge in [0.15, 0.2) is 5.17 Å². The summed E-state index contributed by atoms with van der Waals surface area (Å²) in [6.07, 6.45) is 1.67. The van der Waals surface area contributed by atoms with Gasteiger partial charge < -0.3 is 19.8 Å². The Balaban J connectivity index is 1.53. The predicted octanol–water partition coefficient (Wildman–Crippen LogP) is 5.15. The lowest BCUT2D eigenvalue weighted by Crippen LogP contribution is -2.41. The molecule has 1 fully saturated rings. The van der Waals surface area contributed by atoms with Gasteiger partial charge in [-0.25, -0.2) is 0 Å².